The maximum Gasteiger partial charge on any atom is 0.248 e. The van der Waals surface area contributed by atoms with Crippen molar-refractivity contribution in [3.8, 4) is 5.75 Å². The molecule has 0 bridgehead atoms. The fourth-order valence-corrected chi connectivity index (χ4v) is 3.85. The zero-order valence-electron chi connectivity index (χ0n) is 13.4. The molecule has 6 nitrogen and oxygen atoms in total. The molecule has 0 spiro atoms. The van der Waals surface area contributed by atoms with Gasteiger partial charge in [0.1, 0.15) is 5.75 Å². The summed E-state index contributed by atoms with van der Waals surface area (Å²) in [7, 11) is 1.63. The summed E-state index contributed by atoms with van der Waals surface area (Å²) in [5.74, 6) is 1.01. The van der Waals surface area contributed by atoms with Gasteiger partial charge in [-0.25, -0.2) is 0 Å². The van der Waals surface area contributed by atoms with E-state index in [0.29, 0.717) is 16.4 Å². The molecule has 0 fully saturated rings. The first-order valence-corrected chi connectivity index (χ1v) is 9.21. The number of nitrogens with zero attached hydrogens (tertiary/aromatic N) is 2. The molecule has 0 saturated carbocycles. The lowest BCUT2D eigenvalue weighted by Gasteiger charge is -2.07. The molecule has 0 aliphatic rings. The zero-order valence-corrected chi connectivity index (χ0v) is 15.1. The number of thioether (sulfide) groups is 1. The lowest BCUT2D eigenvalue weighted by atomic mass is 10.1. The number of methoxy groups -OCH3 is 1. The van der Waals surface area contributed by atoms with E-state index in [0.717, 1.165) is 21.3 Å². The molecular weight excluding hydrogens is 356 g/mol. The highest BCUT2D eigenvalue weighted by Gasteiger charge is 2.09. The van der Waals surface area contributed by atoms with Crippen LogP contribution < -0.4 is 15.8 Å². The van der Waals surface area contributed by atoms with Crippen molar-refractivity contribution >= 4 is 39.8 Å². The lowest BCUT2D eigenvalue weighted by molar-refractivity contribution is 0.1000. The van der Waals surface area contributed by atoms with Crippen LogP contribution in [0.1, 0.15) is 15.9 Å². The molecule has 8 heteroatoms. The fourth-order valence-electron chi connectivity index (χ4n) is 2.14. The minimum Gasteiger partial charge on any atom is -0.495 e. The number of benzene rings is 2. The number of amides is 1. The van der Waals surface area contributed by atoms with Crippen molar-refractivity contribution in [1.29, 1.82) is 0 Å². The van der Waals surface area contributed by atoms with Gasteiger partial charge in [0.05, 0.1) is 12.8 Å². The topological polar surface area (TPSA) is 90.1 Å². The highest BCUT2D eigenvalue weighted by molar-refractivity contribution is 8.00. The van der Waals surface area contributed by atoms with Gasteiger partial charge in [0, 0.05) is 11.3 Å². The summed E-state index contributed by atoms with van der Waals surface area (Å²) in [6.45, 7) is 0. The molecule has 3 rings (SSSR count). The minimum atomic E-state index is -0.425. The van der Waals surface area contributed by atoms with Crippen LogP contribution in [0, 0.1) is 0 Å². The quantitative estimate of drug-likeness (QED) is 0.615. The van der Waals surface area contributed by atoms with E-state index in [1.165, 1.54) is 11.3 Å². The van der Waals surface area contributed by atoms with Crippen LogP contribution in [0.15, 0.2) is 52.9 Å². The lowest BCUT2D eigenvalue weighted by Crippen LogP contribution is -2.10. The number of hydrogen-bond donors (Lipinski definition) is 2. The molecule has 2 aromatic carbocycles. The molecule has 128 valence electrons. The minimum absolute atomic E-state index is 0.425. The number of rotatable bonds is 7. The number of ether oxygens (including phenoxy) is 1. The Hall–Kier alpha value is -2.58. The van der Waals surface area contributed by atoms with Crippen LogP contribution in [-0.2, 0) is 5.75 Å². The number of anilines is 2. The molecule has 0 aliphatic carbocycles. The van der Waals surface area contributed by atoms with Crippen LogP contribution >= 0.6 is 23.1 Å². The summed E-state index contributed by atoms with van der Waals surface area (Å²) in [6.07, 6.45) is 0. The predicted octanol–water partition coefficient (Wildman–Crippen LogP) is 3.68. The van der Waals surface area contributed by atoms with Crippen molar-refractivity contribution < 1.29 is 9.53 Å². The summed E-state index contributed by atoms with van der Waals surface area (Å²) in [6, 6.07) is 14.9. The van der Waals surface area contributed by atoms with E-state index < -0.39 is 5.91 Å². The SMILES string of the molecule is COc1ccccc1Nc1nnc(SCc2cccc(C(N)=O)c2)s1. The predicted molar refractivity (Wildman–Crippen MR) is 101 cm³/mol. The van der Waals surface area contributed by atoms with Gasteiger partial charge in [0.15, 0.2) is 4.34 Å². The number of para-hydroxylation sites is 2. The molecule has 1 heterocycles. The summed E-state index contributed by atoms with van der Waals surface area (Å²) in [5.41, 5.74) is 7.66. The van der Waals surface area contributed by atoms with Crippen molar-refractivity contribution in [2.45, 2.75) is 10.1 Å². The van der Waals surface area contributed by atoms with Gasteiger partial charge in [0.2, 0.25) is 11.0 Å². The summed E-state index contributed by atoms with van der Waals surface area (Å²) >= 11 is 3.02. The Labute approximate surface area is 153 Å². The van der Waals surface area contributed by atoms with E-state index >= 15 is 0 Å². The van der Waals surface area contributed by atoms with Crippen molar-refractivity contribution in [2.75, 3.05) is 12.4 Å². The number of nitrogens with two attached hydrogens (primary N) is 1. The Kier molecular flexibility index (Phi) is 5.52. The second-order valence-electron chi connectivity index (χ2n) is 5.05. The number of aromatic nitrogens is 2. The van der Waals surface area contributed by atoms with Gasteiger partial charge in [-0.1, -0.05) is 47.4 Å². The average Bonchev–Trinajstić information content (AvgIpc) is 3.08. The first kappa shape index (κ1) is 17.2. The second kappa shape index (κ2) is 8.00. The molecule has 25 heavy (non-hydrogen) atoms. The number of carbonyl (C=O) groups excluding carboxylic acids is 1. The van der Waals surface area contributed by atoms with Gasteiger partial charge in [-0.2, -0.15) is 0 Å². The molecule has 0 radical (unpaired) electrons. The van der Waals surface area contributed by atoms with Crippen LogP contribution in [0.2, 0.25) is 0 Å². The van der Waals surface area contributed by atoms with E-state index in [2.05, 4.69) is 15.5 Å². The fraction of sp³-hybridized carbons (Fsp3) is 0.118. The molecule has 1 amide bonds. The number of carbonyl (C=O) groups is 1. The normalized spacial score (nSPS) is 10.4. The second-order valence-corrected chi connectivity index (χ2v) is 7.25. The Morgan fingerprint density at radius 3 is 2.88 bits per heavy atom. The molecule has 3 N–H and O–H groups in total. The number of primary amides is 1. The van der Waals surface area contributed by atoms with Gasteiger partial charge in [0.25, 0.3) is 0 Å². The molecule has 0 aliphatic heterocycles. The smallest absolute Gasteiger partial charge is 0.248 e. The third-order valence-electron chi connectivity index (χ3n) is 3.33. The van der Waals surface area contributed by atoms with E-state index in [4.69, 9.17) is 10.5 Å². The number of nitrogens with one attached hydrogen (secondary N) is 1. The first-order chi connectivity index (χ1) is 12.2. The Balaban J connectivity index is 1.64. The molecule has 3 aromatic rings. The Bertz CT molecular complexity index is 882. The van der Waals surface area contributed by atoms with E-state index in [9.17, 15) is 4.79 Å². The standard InChI is InChI=1S/C17H16N4O2S2/c1-23-14-8-3-2-7-13(14)19-16-20-21-17(25-16)24-10-11-5-4-6-12(9-11)15(18)22/h2-9H,10H2,1H3,(H2,18,22)(H,19,20). The third-order valence-corrected chi connectivity index (χ3v) is 5.37. The summed E-state index contributed by atoms with van der Waals surface area (Å²) in [4.78, 5) is 11.2. The van der Waals surface area contributed by atoms with Crippen molar-refractivity contribution in [1.82, 2.24) is 10.2 Å². The van der Waals surface area contributed by atoms with Gasteiger partial charge in [-0.05, 0) is 29.8 Å². The van der Waals surface area contributed by atoms with Crippen molar-refractivity contribution in [3.63, 3.8) is 0 Å². The van der Waals surface area contributed by atoms with E-state index in [1.54, 1.807) is 31.0 Å². The van der Waals surface area contributed by atoms with Crippen molar-refractivity contribution in [2.24, 2.45) is 5.73 Å². The first-order valence-electron chi connectivity index (χ1n) is 7.41. The highest BCUT2D eigenvalue weighted by Crippen LogP contribution is 2.32. The van der Waals surface area contributed by atoms with Crippen LogP contribution in [0.4, 0.5) is 10.8 Å². The maximum absolute atomic E-state index is 11.2. The Morgan fingerprint density at radius 1 is 1.24 bits per heavy atom. The molecule has 1 aromatic heterocycles. The summed E-state index contributed by atoms with van der Waals surface area (Å²) in [5, 5.41) is 12.2. The van der Waals surface area contributed by atoms with Crippen LogP contribution in [-0.4, -0.2) is 23.2 Å². The average molecular weight is 372 g/mol. The maximum atomic E-state index is 11.2. The van der Waals surface area contributed by atoms with Crippen molar-refractivity contribution in [3.05, 3.63) is 59.7 Å². The van der Waals surface area contributed by atoms with E-state index in [-0.39, 0.29) is 0 Å². The van der Waals surface area contributed by atoms with Crippen LogP contribution in [0.25, 0.3) is 0 Å². The van der Waals surface area contributed by atoms with Gasteiger partial charge in [-0.15, -0.1) is 10.2 Å². The molecule has 0 atom stereocenters. The monoisotopic (exact) mass is 372 g/mol. The highest BCUT2D eigenvalue weighted by atomic mass is 32.2. The van der Waals surface area contributed by atoms with Gasteiger partial charge < -0.3 is 15.8 Å². The zero-order chi connectivity index (χ0) is 17.6. The summed E-state index contributed by atoms with van der Waals surface area (Å²) < 4.78 is 6.15. The molecule has 0 saturated heterocycles. The largest absolute Gasteiger partial charge is 0.495 e. The third kappa shape index (κ3) is 4.49. The molecule has 0 unspecified atom stereocenters. The number of hydrogen-bond acceptors (Lipinski definition) is 7. The molecular formula is C17H16N4O2S2. The van der Waals surface area contributed by atoms with Gasteiger partial charge >= 0.3 is 0 Å². The Morgan fingerprint density at radius 2 is 2.08 bits per heavy atom. The van der Waals surface area contributed by atoms with Crippen LogP contribution in [0.5, 0.6) is 5.75 Å². The van der Waals surface area contributed by atoms with E-state index in [1.807, 2.05) is 36.4 Å². The van der Waals surface area contributed by atoms with Gasteiger partial charge in [-0.3, -0.25) is 4.79 Å². The van der Waals surface area contributed by atoms with Crippen LogP contribution in [0.3, 0.4) is 0 Å².